The van der Waals surface area contributed by atoms with Gasteiger partial charge < -0.3 is 10.3 Å². The molecule has 0 bridgehead atoms. The quantitative estimate of drug-likeness (QED) is 0.540. The molecule has 2 heterocycles. The molecule has 2 aromatic heterocycles. The summed E-state index contributed by atoms with van der Waals surface area (Å²) in [6.45, 7) is 1.85. The number of nitrogens with zero attached hydrogens (tertiary/aromatic N) is 2. The summed E-state index contributed by atoms with van der Waals surface area (Å²) in [7, 11) is 0. The predicted octanol–water partition coefficient (Wildman–Crippen LogP) is 3.51. The molecule has 0 atom stereocenters. The first-order valence-corrected chi connectivity index (χ1v) is 7.57. The first kappa shape index (κ1) is 14.2. The van der Waals surface area contributed by atoms with Crippen LogP contribution < -0.4 is 5.32 Å². The van der Waals surface area contributed by atoms with E-state index in [4.69, 9.17) is 0 Å². The topological polar surface area (TPSA) is 86.5 Å². The van der Waals surface area contributed by atoms with Gasteiger partial charge >= 0.3 is 0 Å². The van der Waals surface area contributed by atoms with Crippen molar-refractivity contribution < 1.29 is 4.79 Å². The van der Waals surface area contributed by atoms with Gasteiger partial charge in [0.1, 0.15) is 5.82 Å². The number of carbonyl (C=O) groups is 1. The average molecular weight is 317 g/mol. The second kappa shape index (κ2) is 5.66. The van der Waals surface area contributed by atoms with Crippen LogP contribution in [0.25, 0.3) is 22.3 Å². The third-order valence-electron chi connectivity index (χ3n) is 3.81. The number of nitrogens with one attached hydrogen (secondary N) is 3. The number of aromatic nitrogens is 4. The zero-order valence-corrected chi connectivity index (χ0v) is 13.0. The molecular weight excluding hydrogens is 302 g/mol. The van der Waals surface area contributed by atoms with E-state index < -0.39 is 0 Å². The number of hydrogen-bond donors (Lipinski definition) is 3. The first-order chi connectivity index (χ1) is 11.7. The highest BCUT2D eigenvalue weighted by Crippen LogP contribution is 2.22. The van der Waals surface area contributed by atoms with E-state index in [0.29, 0.717) is 17.1 Å². The highest BCUT2D eigenvalue weighted by molar-refractivity contribution is 6.12. The lowest BCUT2D eigenvalue weighted by Crippen LogP contribution is -2.12. The highest BCUT2D eigenvalue weighted by Gasteiger charge is 2.12. The Labute approximate surface area is 137 Å². The number of carbonyl (C=O) groups excluding carboxylic acids is 1. The minimum Gasteiger partial charge on any atom is -0.361 e. The monoisotopic (exact) mass is 317 g/mol. The van der Waals surface area contributed by atoms with Crippen LogP contribution in [0.2, 0.25) is 0 Å². The molecule has 1 amide bonds. The Balaban J connectivity index is 1.63. The maximum Gasteiger partial charge on any atom is 0.257 e. The van der Waals surface area contributed by atoms with Crippen LogP contribution in [0.3, 0.4) is 0 Å². The summed E-state index contributed by atoms with van der Waals surface area (Å²) >= 11 is 0. The van der Waals surface area contributed by atoms with Crippen LogP contribution in [-0.4, -0.2) is 26.1 Å². The highest BCUT2D eigenvalue weighted by atomic mass is 16.1. The number of aromatic amines is 2. The summed E-state index contributed by atoms with van der Waals surface area (Å²) in [4.78, 5) is 20.0. The summed E-state index contributed by atoms with van der Waals surface area (Å²) in [5.74, 6) is 1.19. The third-order valence-corrected chi connectivity index (χ3v) is 3.81. The van der Waals surface area contributed by atoms with Gasteiger partial charge in [-0.25, -0.2) is 4.98 Å². The zero-order valence-electron chi connectivity index (χ0n) is 13.0. The third kappa shape index (κ3) is 2.54. The van der Waals surface area contributed by atoms with Crippen molar-refractivity contribution in [2.75, 3.05) is 5.32 Å². The molecule has 0 saturated carbocycles. The molecule has 2 aromatic carbocycles. The summed E-state index contributed by atoms with van der Waals surface area (Å²) in [5, 5.41) is 10.9. The van der Waals surface area contributed by atoms with Crippen molar-refractivity contribution >= 4 is 22.5 Å². The normalized spacial score (nSPS) is 10.9. The molecule has 24 heavy (non-hydrogen) atoms. The number of para-hydroxylation sites is 1. The SMILES string of the molecule is Cc1nc(-c2cccc(NC(=O)c3cccc4cc[nH]c34)c2)n[nH]1. The molecule has 0 aliphatic carbocycles. The van der Waals surface area contributed by atoms with Crippen molar-refractivity contribution in [3.05, 3.63) is 66.1 Å². The van der Waals surface area contributed by atoms with E-state index in [2.05, 4.69) is 25.5 Å². The van der Waals surface area contributed by atoms with E-state index in [1.807, 2.05) is 55.6 Å². The number of H-pyrrole nitrogens is 2. The molecule has 4 rings (SSSR count). The van der Waals surface area contributed by atoms with Crippen LogP contribution in [0.1, 0.15) is 16.2 Å². The second-order valence-corrected chi connectivity index (χ2v) is 5.53. The fourth-order valence-corrected chi connectivity index (χ4v) is 2.68. The van der Waals surface area contributed by atoms with Gasteiger partial charge in [-0.3, -0.25) is 9.89 Å². The number of anilines is 1. The molecule has 0 spiro atoms. The minimum absolute atomic E-state index is 0.161. The number of benzene rings is 2. The van der Waals surface area contributed by atoms with Crippen molar-refractivity contribution in [2.45, 2.75) is 6.92 Å². The van der Waals surface area contributed by atoms with Gasteiger partial charge in [-0.1, -0.05) is 24.3 Å². The summed E-state index contributed by atoms with van der Waals surface area (Å²) in [6.07, 6.45) is 1.83. The minimum atomic E-state index is -0.161. The molecule has 0 saturated heterocycles. The van der Waals surface area contributed by atoms with Crippen molar-refractivity contribution in [1.82, 2.24) is 20.2 Å². The molecular formula is C18H15N5O. The fourth-order valence-electron chi connectivity index (χ4n) is 2.68. The Hall–Kier alpha value is -3.41. The van der Waals surface area contributed by atoms with Crippen LogP contribution in [0.4, 0.5) is 5.69 Å². The molecule has 0 radical (unpaired) electrons. The van der Waals surface area contributed by atoms with E-state index >= 15 is 0 Å². The van der Waals surface area contributed by atoms with Crippen molar-refractivity contribution in [2.24, 2.45) is 0 Å². The maximum atomic E-state index is 12.6. The molecule has 6 heteroatoms. The Morgan fingerprint density at radius 2 is 2.00 bits per heavy atom. The second-order valence-electron chi connectivity index (χ2n) is 5.53. The van der Waals surface area contributed by atoms with E-state index in [1.54, 1.807) is 6.07 Å². The lowest BCUT2D eigenvalue weighted by Gasteiger charge is -2.07. The molecule has 118 valence electrons. The zero-order chi connectivity index (χ0) is 16.5. The average Bonchev–Trinajstić information content (AvgIpc) is 3.23. The van der Waals surface area contributed by atoms with Crippen LogP contribution in [0, 0.1) is 6.92 Å². The fraction of sp³-hybridized carbons (Fsp3) is 0.0556. The number of aryl methyl sites for hydroxylation is 1. The summed E-state index contributed by atoms with van der Waals surface area (Å²) in [5.41, 5.74) is 2.98. The van der Waals surface area contributed by atoms with Gasteiger partial charge in [0.05, 0.1) is 11.1 Å². The van der Waals surface area contributed by atoms with Gasteiger partial charge in [0.25, 0.3) is 5.91 Å². The van der Waals surface area contributed by atoms with Crippen LogP contribution in [0.15, 0.2) is 54.7 Å². The molecule has 6 nitrogen and oxygen atoms in total. The van der Waals surface area contributed by atoms with Crippen molar-refractivity contribution in [3.8, 4) is 11.4 Å². The molecule has 4 aromatic rings. The summed E-state index contributed by atoms with van der Waals surface area (Å²) in [6, 6.07) is 15.1. The lowest BCUT2D eigenvalue weighted by molar-refractivity contribution is 0.102. The Morgan fingerprint density at radius 1 is 1.12 bits per heavy atom. The van der Waals surface area contributed by atoms with Crippen LogP contribution >= 0.6 is 0 Å². The Morgan fingerprint density at radius 3 is 2.83 bits per heavy atom. The van der Waals surface area contributed by atoms with Crippen LogP contribution in [-0.2, 0) is 0 Å². The number of amides is 1. The summed E-state index contributed by atoms with van der Waals surface area (Å²) < 4.78 is 0. The lowest BCUT2D eigenvalue weighted by atomic mass is 10.1. The first-order valence-electron chi connectivity index (χ1n) is 7.57. The number of fused-ring (bicyclic) bond motifs is 1. The Bertz CT molecular complexity index is 1030. The van der Waals surface area contributed by atoms with Gasteiger partial charge in [-0.15, -0.1) is 0 Å². The molecule has 0 unspecified atom stereocenters. The Kier molecular flexibility index (Phi) is 3.35. The van der Waals surface area contributed by atoms with E-state index in [0.717, 1.165) is 22.3 Å². The van der Waals surface area contributed by atoms with Gasteiger partial charge in [0, 0.05) is 22.8 Å². The van der Waals surface area contributed by atoms with Gasteiger partial charge in [0.2, 0.25) is 0 Å². The van der Waals surface area contributed by atoms with Crippen molar-refractivity contribution in [1.29, 1.82) is 0 Å². The van der Waals surface area contributed by atoms with Gasteiger partial charge in [0.15, 0.2) is 5.82 Å². The predicted molar refractivity (Wildman–Crippen MR) is 92.8 cm³/mol. The smallest absolute Gasteiger partial charge is 0.257 e. The maximum absolute atomic E-state index is 12.6. The number of hydrogen-bond acceptors (Lipinski definition) is 3. The molecule has 0 fully saturated rings. The molecule has 0 aliphatic heterocycles. The molecule has 0 aliphatic rings. The number of rotatable bonds is 3. The van der Waals surface area contributed by atoms with Crippen molar-refractivity contribution in [3.63, 3.8) is 0 Å². The van der Waals surface area contributed by atoms with Gasteiger partial charge in [-0.2, -0.15) is 5.10 Å². The van der Waals surface area contributed by atoms with Crippen LogP contribution in [0.5, 0.6) is 0 Å². The standard InChI is InChI=1S/C18H15N5O/c1-11-20-17(23-22-11)13-5-2-6-14(10-13)21-18(24)15-7-3-4-12-8-9-19-16(12)15/h2-10,19H,1H3,(H,21,24)(H,20,22,23). The molecule has 3 N–H and O–H groups in total. The van der Waals surface area contributed by atoms with E-state index in [9.17, 15) is 4.79 Å². The van der Waals surface area contributed by atoms with E-state index in [-0.39, 0.29) is 5.91 Å². The largest absolute Gasteiger partial charge is 0.361 e. The van der Waals surface area contributed by atoms with E-state index in [1.165, 1.54) is 0 Å². The van der Waals surface area contributed by atoms with Gasteiger partial charge in [-0.05, 0) is 31.2 Å².